The first-order valence-electron chi connectivity index (χ1n) is 9.65. The van der Waals surface area contributed by atoms with Gasteiger partial charge < -0.3 is 0 Å². The van der Waals surface area contributed by atoms with Crippen molar-refractivity contribution in [2.45, 2.75) is 89.5 Å². The van der Waals surface area contributed by atoms with Gasteiger partial charge in [-0.15, -0.1) is 0 Å². The van der Waals surface area contributed by atoms with Crippen LogP contribution in [0.3, 0.4) is 0 Å². The standard InChI is InChI=1S/2C7H8.2C3H8.2C2H6.CH4/c2*1-7-5-3-2-4-6-7;2*1-3-2;2*1-2;/h2*2-6H,1H3;2*3H2,1-2H3;2*1-2H3;1H4. The SMILES string of the molecule is C.CC.CC.CCC.CCC.Cc1ccccc1.Cc1ccccc1. The molecule has 2 aromatic carbocycles. The Kier molecular flexibility index (Phi) is 53.0. The first kappa shape index (κ1) is 34.7. The van der Waals surface area contributed by atoms with Crippen LogP contribution in [0.1, 0.15) is 86.8 Å². The Bertz CT molecular complexity index is 322. The van der Waals surface area contributed by atoms with E-state index in [1.165, 1.54) is 24.0 Å². The van der Waals surface area contributed by atoms with E-state index < -0.39 is 0 Å². The zero-order chi connectivity index (χ0) is 19.6. The van der Waals surface area contributed by atoms with Crippen LogP contribution in [0.2, 0.25) is 0 Å². The summed E-state index contributed by atoms with van der Waals surface area (Å²) in [5.74, 6) is 0. The maximum absolute atomic E-state index is 2.12. The van der Waals surface area contributed by atoms with Crippen molar-refractivity contribution in [2.75, 3.05) is 0 Å². The average molecular weight is 349 g/mol. The maximum atomic E-state index is 2.12. The van der Waals surface area contributed by atoms with Gasteiger partial charge in [-0.3, -0.25) is 0 Å². The Morgan fingerprint density at radius 1 is 0.480 bits per heavy atom. The van der Waals surface area contributed by atoms with Gasteiger partial charge >= 0.3 is 0 Å². The van der Waals surface area contributed by atoms with E-state index >= 15 is 0 Å². The van der Waals surface area contributed by atoms with Gasteiger partial charge in [-0.25, -0.2) is 0 Å². The van der Waals surface area contributed by atoms with Crippen molar-refractivity contribution in [1.82, 2.24) is 0 Å². The molecule has 25 heavy (non-hydrogen) atoms. The van der Waals surface area contributed by atoms with Crippen LogP contribution in [-0.2, 0) is 0 Å². The Morgan fingerprint density at radius 3 is 0.720 bits per heavy atom. The average Bonchev–Trinajstić information content (AvgIpc) is 2.62. The lowest BCUT2D eigenvalue weighted by Gasteiger charge is -1.82. The molecule has 0 aliphatic carbocycles. The second kappa shape index (κ2) is 38.2. The minimum atomic E-state index is 0. The zero-order valence-electron chi connectivity index (χ0n) is 18.2. The van der Waals surface area contributed by atoms with E-state index in [4.69, 9.17) is 0 Å². The molecule has 0 heteroatoms. The molecule has 0 spiro atoms. The summed E-state index contributed by atoms with van der Waals surface area (Å²) in [5, 5.41) is 0. The van der Waals surface area contributed by atoms with Crippen LogP contribution >= 0.6 is 0 Å². The minimum absolute atomic E-state index is 0. The van der Waals surface area contributed by atoms with Crippen molar-refractivity contribution < 1.29 is 0 Å². The van der Waals surface area contributed by atoms with Crippen molar-refractivity contribution in [3.8, 4) is 0 Å². The van der Waals surface area contributed by atoms with E-state index in [0.29, 0.717) is 0 Å². The van der Waals surface area contributed by atoms with E-state index in [9.17, 15) is 0 Å². The minimum Gasteiger partial charge on any atom is -0.0776 e. The van der Waals surface area contributed by atoms with Crippen molar-refractivity contribution in [1.29, 1.82) is 0 Å². The Hall–Kier alpha value is -1.56. The summed E-state index contributed by atoms with van der Waals surface area (Å²) < 4.78 is 0. The molecular formula is C25H48. The van der Waals surface area contributed by atoms with Gasteiger partial charge in [0.25, 0.3) is 0 Å². The van der Waals surface area contributed by atoms with E-state index in [-0.39, 0.29) is 7.43 Å². The number of aryl methyl sites for hydroxylation is 2. The van der Waals surface area contributed by atoms with Crippen LogP contribution in [0.4, 0.5) is 0 Å². The van der Waals surface area contributed by atoms with Gasteiger partial charge in [0, 0.05) is 0 Å². The van der Waals surface area contributed by atoms with Crippen molar-refractivity contribution in [3.05, 3.63) is 71.8 Å². The van der Waals surface area contributed by atoms with Crippen molar-refractivity contribution in [3.63, 3.8) is 0 Å². The van der Waals surface area contributed by atoms with E-state index in [0.717, 1.165) is 0 Å². The van der Waals surface area contributed by atoms with Crippen LogP contribution in [0.5, 0.6) is 0 Å². The molecule has 0 aromatic heterocycles. The molecule has 0 bridgehead atoms. The predicted octanol–water partition coefficient (Wildman–Crippen LogP) is 9.51. The summed E-state index contributed by atoms with van der Waals surface area (Å²) in [5.41, 5.74) is 2.64. The second-order valence-corrected chi connectivity index (χ2v) is 4.72. The second-order valence-electron chi connectivity index (χ2n) is 4.72. The first-order chi connectivity index (χ1) is 11.6. The van der Waals surface area contributed by atoms with E-state index in [1.54, 1.807) is 0 Å². The van der Waals surface area contributed by atoms with Gasteiger partial charge in [-0.05, 0) is 13.8 Å². The van der Waals surface area contributed by atoms with Crippen LogP contribution < -0.4 is 0 Å². The fourth-order valence-corrected chi connectivity index (χ4v) is 1.07. The fourth-order valence-electron chi connectivity index (χ4n) is 1.07. The van der Waals surface area contributed by atoms with E-state index in [2.05, 4.69) is 65.8 Å². The van der Waals surface area contributed by atoms with Gasteiger partial charge in [-0.2, -0.15) is 0 Å². The van der Waals surface area contributed by atoms with Gasteiger partial charge in [0.15, 0.2) is 0 Å². The maximum Gasteiger partial charge on any atom is -0.0398 e. The molecule has 0 unspecified atom stereocenters. The lowest BCUT2D eigenvalue weighted by Crippen LogP contribution is -1.62. The molecule has 0 atom stereocenters. The molecule has 0 saturated heterocycles. The molecule has 0 fully saturated rings. The highest BCUT2D eigenvalue weighted by molar-refractivity contribution is 5.12. The monoisotopic (exact) mass is 348 g/mol. The lowest BCUT2D eigenvalue weighted by molar-refractivity contribution is 1.09. The van der Waals surface area contributed by atoms with Crippen LogP contribution in [0.25, 0.3) is 0 Å². The number of rotatable bonds is 0. The molecular weight excluding hydrogens is 300 g/mol. The molecule has 0 nitrogen and oxygen atoms in total. The van der Waals surface area contributed by atoms with Gasteiger partial charge in [0.2, 0.25) is 0 Å². The topological polar surface area (TPSA) is 0 Å². The molecule has 0 heterocycles. The first-order valence-corrected chi connectivity index (χ1v) is 9.65. The number of hydrogen-bond acceptors (Lipinski definition) is 0. The van der Waals surface area contributed by atoms with Gasteiger partial charge in [-0.1, -0.05) is 147 Å². The third-order valence-corrected chi connectivity index (χ3v) is 1.88. The molecule has 0 N–H and O–H groups in total. The van der Waals surface area contributed by atoms with Crippen molar-refractivity contribution >= 4 is 0 Å². The summed E-state index contributed by atoms with van der Waals surface area (Å²) in [6.07, 6.45) is 2.50. The molecule has 0 saturated carbocycles. The van der Waals surface area contributed by atoms with Gasteiger partial charge in [0.05, 0.1) is 0 Å². The number of benzene rings is 2. The summed E-state index contributed by atoms with van der Waals surface area (Å²) in [6.45, 7) is 20.7. The molecule has 2 rings (SSSR count). The predicted molar refractivity (Wildman–Crippen MR) is 124 cm³/mol. The van der Waals surface area contributed by atoms with Crippen LogP contribution in [0.15, 0.2) is 60.7 Å². The van der Waals surface area contributed by atoms with Crippen molar-refractivity contribution in [2.24, 2.45) is 0 Å². The van der Waals surface area contributed by atoms with Gasteiger partial charge in [0.1, 0.15) is 0 Å². The Balaban J connectivity index is -0.0000000698. The lowest BCUT2D eigenvalue weighted by atomic mass is 10.2. The Labute approximate surface area is 161 Å². The van der Waals surface area contributed by atoms with Crippen LogP contribution in [0, 0.1) is 13.8 Å². The van der Waals surface area contributed by atoms with E-state index in [1.807, 2.05) is 64.1 Å². The zero-order valence-corrected chi connectivity index (χ0v) is 18.2. The normalized spacial score (nSPS) is 6.80. The Morgan fingerprint density at radius 2 is 0.640 bits per heavy atom. The third kappa shape index (κ3) is 45.0. The summed E-state index contributed by atoms with van der Waals surface area (Å²) >= 11 is 0. The molecule has 0 amide bonds. The third-order valence-electron chi connectivity index (χ3n) is 1.88. The highest BCUT2D eigenvalue weighted by atomic mass is 13.8. The summed E-state index contributed by atoms with van der Waals surface area (Å²) in [7, 11) is 0. The molecule has 0 aliphatic rings. The highest BCUT2D eigenvalue weighted by Gasteiger charge is 1.72. The highest BCUT2D eigenvalue weighted by Crippen LogP contribution is 1.92. The number of hydrogen-bond donors (Lipinski definition) is 0. The quantitative estimate of drug-likeness (QED) is 0.444. The summed E-state index contributed by atoms with van der Waals surface area (Å²) in [4.78, 5) is 0. The molecule has 2 aromatic rings. The fraction of sp³-hybridized carbons (Fsp3) is 0.520. The van der Waals surface area contributed by atoms with Crippen LogP contribution in [-0.4, -0.2) is 0 Å². The smallest absolute Gasteiger partial charge is 0.0398 e. The molecule has 0 aliphatic heterocycles. The molecule has 0 radical (unpaired) electrons. The molecule has 148 valence electrons. The summed E-state index contributed by atoms with van der Waals surface area (Å²) in [6, 6.07) is 20.5. The largest absolute Gasteiger partial charge is 0.0776 e.